The smallest absolute Gasteiger partial charge is 0.226 e. The number of benzene rings is 1. The molecule has 1 N–H and O–H groups in total. The molecule has 0 bridgehead atoms. The molecule has 1 atom stereocenters. The molecule has 0 aromatic heterocycles. The van der Waals surface area contributed by atoms with Crippen LogP contribution in [0.1, 0.15) is 17.5 Å². The van der Waals surface area contributed by atoms with Crippen molar-refractivity contribution in [3.63, 3.8) is 0 Å². The lowest BCUT2D eigenvalue weighted by molar-refractivity contribution is -0.142. The molecule has 1 heterocycles. The lowest BCUT2D eigenvalue weighted by Gasteiger charge is -2.34. The van der Waals surface area contributed by atoms with Gasteiger partial charge in [-0.2, -0.15) is 0 Å². The van der Waals surface area contributed by atoms with Gasteiger partial charge in [0.25, 0.3) is 0 Å². The third-order valence-electron chi connectivity index (χ3n) is 3.68. The van der Waals surface area contributed by atoms with E-state index in [1.54, 1.807) is 4.90 Å². The number of ether oxygens (including phenoxy) is 2. The number of rotatable bonds is 5. The lowest BCUT2D eigenvalue weighted by Crippen LogP contribution is -2.50. The van der Waals surface area contributed by atoms with Crippen molar-refractivity contribution in [3.05, 3.63) is 29.3 Å². The van der Waals surface area contributed by atoms with E-state index in [1.807, 2.05) is 32.0 Å². The second-order valence-electron chi connectivity index (χ2n) is 5.37. The molecule has 5 heteroatoms. The first kappa shape index (κ1) is 15.8. The minimum absolute atomic E-state index is 0.00246. The van der Waals surface area contributed by atoms with Gasteiger partial charge in [-0.1, -0.05) is 12.1 Å². The van der Waals surface area contributed by atoms with E-state index in [-0.39, 0.29) is 18.6 Å². The first-order valence-electron chi connectivity index (χ1n) is 7.30. The number of carbonyl (C=O) groups excluding carboxylic acids is 1. The van der Waals surface area contributed by atoms with E-state index in [0.717, 1.165) is 16.9 Å². The van der Waals surface area contributed by atoms with E-state index in [0.29, 0.717) is 32.8 Å². The van der Waals surface area contributed by atoms with Crippen molar-refractivity contribution in [3.8, 4) is 5.75 Å². The molecular formula is C16H23NO4. The van der Waals surface area contributed by atoms with Gasteiger partial charge < -0.3 is 19.5 Å². The number of aliphatic hydroxyl groups is 1. The normalized spacial score (nSPS) is 18.6. The van der Waals surface area contributed by atoms with Crippen molar-refractivity contribution < 1.29 is 19.4 Å². The number of hydrogen-bond acceptors (Lipinski definition) is 4. The maximum atomic E-state index is 12.2. The Balaban J connectivity index is 1.85. The zero-order chi connectivity index (χ0) is 15.2. The van der Waals surface area contributed by atoms with Crippen molar-refractivity contribution in [2.75, 3.05) is 33.0 Å². The van der Waals surface area contributed by atoms with Crippen molar-refractivity contribution >= 4 is 5.91 Å². The van der Waals surface area contributed by atoms with Gasteiger partial charge in [-0.3, -0.25) is 4.79 Å². The molecule has 21 heavy (non-hydrogen) atoms. The molecule has 0 spiro atoms. The maximum absolute atomic E-state index is 12.2. The standard InChI is InChI=1S/C16H23NO4/c1-12-3-4-13(2)15(9-12)21-7-5-16(19)17-6-8-20-11-14(17)10-18/h3-4,9,14,18H,5-8,10-11H2,1-2H3. The summed E-state index contributed by atoms with van der Waals surface area (Å²) in [5.74, 6) is 0.825. The molecule has 5 nitrogen and oxygen atoms in total. The average molecular weight is 293 g/mol. The van der Waals surface area contributed by atoms with Gasteiger partial charge in [0.1, 0.15) is 5.75 Å². The van der Waals surface area contributed by atoms with E-state index in [1.165, 1.54) is 0 Å². The van der Waals surface area contributed by atoms with Crippen LogP contribution >= 0.6 is 0 Å². The zero-order valence-corrected chi connectivity index (χ0v) is 12.7. The summed E-state index contributed by atoms with van der Waals surface area (Å²) in [5, 5.41) is 9.28. The van der Waals surface area contributed by atoms with Gasteiger partial charge in [0.15, 0.2) is 0 Å². The summed E-state index contributed by atoms with van der Waals surface area (Å²) in [6, 6.07) is 5.79. The van der Waals surface area contributed by atoms with Gasteiger partial charge in [0.05, 0.1) is 38.9 Å². The van der Waals surface area contributed by atoms with Crippen LogP contribution in [0.25, 0.3) is 0 Å². The monoisotopic (exact) mass is 293 g/mol. The van der Waals surface area contributed by atoms with E-state index in [4.69, 9.17) is 9.47 Å². The molecule has 0 radical (unpaired) electrons. The Morgan fingerprint density at radius 3 is 3.05 bits per heavy atom. The van der Waals surface area contributed by atoms with Gasteiger partial charge in [0.2, 0.25) is 5.91 Å². The Labute approximate surface area is 125 Å². The SMILES string of the molecule is Cc1ccc(C)c(OCCC(=O)N2CCOCC2CO)c1. The fraction of sp³-hybridized carbons (Fsp3) is 0.562. The summed E-state index contributed by atoms with van der Waals surface area (Å²) in [5.41, 5.74) is 2.20. The first-order chi connectivity index (χ1) is 10.1. The Hall–Kier alpha value is -1.59. The molecule has 1 unspecified atom stereocenters. The quantitative estimate of drug-likeness (QED) is 0.889. The minimum Gasteiger partial charge on any atom is -0.493 e. The van der Waals surface area contributed by atoms with Gasteiger partial charge in [-0.25, -0.2) is 0 Å². The molecule has 0 aliphatic carbocycles. The summed E-state index contributed by atoms with van der Waals surface area (Å²) >= 11 is 0. The second-order valence-corrected chi connectivity index (χ2v) is 5.37. The fourth-order valence-electron chi connectivity index (χ4n) is 2.39. The molecule has 1 aromatic carbocycles. The Morgan fingerprint density at radius 1 is 1.48 bits per heavy atom. The molecule has 0 saturated carbocycles. The van der Waals surface area contributed by atoms with Crippen LogP contribution in [0, 0.1) is 13.8 Å². The van der Waals surface area contributed by atoms with Gasteiger partial charge in [-0.15, -0.1) is 0 Å². The van der Waals surface area contributed by atoms with Crippen LogP contribution < -0.4 is 4.74 Å². The third kappa shape index (κ3) is 4.19. The highest BCUT2D eigenvalue weighted by Gasteiger charge is 2.26. The molecule has 1 fully saturated rings. The van der Waals surface area contributed by atoms with Crippen molar-refractivity contribution in [2.24, 2.45) is 0 Å². The zero-order valence-electron chi connectivity index (χ0n) is 12.7. The van der Waals surface area contributed by atoms with Crippen LogP contribution in [0.5, 0.6) is 5.75 Å². The van der Waals surface area contributed by atoms with Crippen LogP contribution in [0.15, 0.2) is 18.2 Å². The molecule has 116 valence electrons. The third-order valence-corrected chi connectivity index (χ3v) is 3.68. The Morgan fingerprint density at radius 2 is 2.29 bits per heavy atom. The fourth-order valence-corrected chi connectivity index (χ4v) is 2.39. The summed E-state index contributed by atoms with van der Waals surface area (Å²) in [6.07, 6.45) is 0.309. The van der Waals surface area contributed by atoms with Crippen LogP contribution in [0.4, 0.5) is 0 Å². The summed E-state index contributed by atoms with van der Waals surface area (Å²) in [6.45, 7) is 5.74. The number of morpholine rings is 1. The van der Waals surface area contributed by atoms with E-state index in [2.05, 4.69) is 0 Å². The van der Waals surface area contributed by atoms with Crippen molar-refractivity contribution in [1.29, 1.82) is 0 Å². The Kier molecular flexibility index (Phi) is 5.59. The van der Waals surface area contributed by atoms with Crippen LogP contribution in [-0.4, -0.2) is 54.9 Å². The van der Waals surface area contributed by atoms with E-state index >= 15 is 0 Å². The van der Waals surface area contributed by atoms with Gasteiger partial charge >= 0.3 is 0 Å². The van der Waals surface area contributed by atoms with Crippen LogP contribution in [-0.2, 0) is 9.53 Å². The van der Waals surface area contributed by atoms with E-state index < -0.39 is 0 Å². The molecule has 1 aliphatic heterocycles. The molecule has 2 rings (SSSR count). The summed E-state index contributed by atoms with van der Waals surface area (Å²) in [7, 11) is 0. The molecule has 1 aliphatic rings. The first-order valence-corrected chi connectivity index (χ1v) is 7.30. The highest BCUT2D eigenvalue weighted by atomic mass is 16.5. The van der Waals surface area contributed by atoms with Crippen LogP contribution in [0.3, 0.4) is 0 Å². The largest absolute Gasteiger partial charge is 0.493 e. The maximum Gasteiger partial charge on any atom is 0.226 e. The number of aryl methyl sites for hydroxylation is 2. The lowest BCUT2D eigenvalue weighted by atomic mass is 10.1. The van der Waals surface area contributed by atoms with Crippen molar-refractivity contribution in [2.45, 2.75) is 26.3 Å². The summed E-state index contributed by atoms with van der Waals surface area (Å²) < 4.78 is 11.0. The summed E-state index contributed by atoms with van der Waals surface area (Å²) in [4.78, 5) is 13.9. The van der Waals surface area contributed by atoms with Gasteiger partial charge in [-0.05, 0) is 31.0 Å². The number of aliphatic hydroxyl groups excluding tert-OH is 1. The second kappa shape index (κ2) is 7.43. The molecular weight excluding hydrogens is 270 g/mol. The predicted molar refractivity (Wildman–Crippen MR) is 79.4 cm³/mol. The minimum atomic E-state index is -0.230. The molecule has 1 amide bonds. The topological polar surface area (TPSA) is 59.0 Å². The van der Waals surface area contributed by atoms with E-state index in [9.17, 15) is 9.90 Å². The van der Waals surface area contributed by atoms with Crippen LogP contribution in [0.2, 0.25) is 0 Å². The van der Waals surface area contributed by atoms with Crippen molar-refractivity contribution in [1.82, 2.24) is 4.90 Å². The molecule has 1 aromatic rings. The Bertz CT molecular complexity index is 489. The highest BCUT2D eigenvalue weighted by Crippen LogP contribution is 2.19. The highest BCUT2D eigenvalue weighted by molar-refractivity contribution is 5.76. The number of nitrogens with zero attached hydrogens (tertiary/aromatic N) is 1. The molecule has 1 saturated heterocycles. The van der Waals surface area contributed by atoms with Gasteiger partial charge in [0, 0.05) is 6.54 Å². The number of carbonyl (C=O) groups is 1. The average Bonchev–Trinajstić information content (AvgIpc) is 2.50. The number of hydrogen-bond donors (Lipinski definition) is 1. The predicted octanol–water partition coefficient (Wildman–Crippen LogP) is 1.29. The number of amides is 1.